The summed E-state index contributed by atoms with van der Waals surface area (Å²) in [4.78, 5) is 0. The summed E-state index contributed by atoms with van der Waals surface area (Å²) in [5.41, 5.74) is 0. The first kappa shape index (κ1) is 29.6. The van der Waals surface area contributed by atoms with E-state index in [-0.39, 0.29) is 19.3 Å². The van der Waals surface area contributed by atoms with E-state index in [0.717, 1.165) is 6.42 Å². The average Bonchev–Trinajstić information content (AvgIpc) is 2.76. The van der Waals surface area contributed by atoms with Crippen LogP contribution in [0.25, 0.3) is 0 Å². The molecule has 0 bridgehead atoms. The molecule has 0 heterocycles. The molecule has 0 aromatic heterocycles. The van der Waals surface area contributed by atoms with Gasteiger partial charge in [-0.15, -0.1) is 0 Å². The highest BCUT2D eigenvalue weighted by molar-refractivity contribution is 4.92. The maximum absolute atomic E-state index is 9.22. The Morgan fingerprint density at radius 1 is 0.600 bits per heavy atom. The first-order valence-corrected chi connectivity index (χ1v) is 13.5. The highest BCUT2D eigenvalue weighted by Gasteiger charge is 1.99. The molecule has 3 heteroatoms. The van der Waals surface area contributed by atoms with E-state index in [0.29, 0.717) is 6.54 Å². The van der Waals surface area contributed by atoms with E-state index in [1.54, 1.807) is 0 Å². The van der Waals surface area contributed by atoms with E-state index < -0.39 is 0 Å². The highest BCUT2D eigenvalue weighted by atomic mass is 16.3. The number of unbranched alkanes of at least 4 members (excludes halogenated alkanes) is 19. The van der Waals surface area contributed by atoms with E-state index in [2.05, 4.69) is 18.3 Å². The summed E-state index contributed by atoms with van der Waals surface area (Å²) in [5.74, 6) is 0. The summed E-state index contributed by atoms with van der Waals surface area (Å²) in [6.45, 7) is 3.03. The standard InChI is InChI=1S/C27H55NO2/c1-2-3-4-5-6-7-8-9-10-11-12-13-14-15-16-17-18-19-20-21-22-23-27(26-30)28-24-25-29/h22-23,27-30H,2-21,24-26H2,1H3/b23-22+. The second-order valence-corrected chi connectivity index (χ2v) is 9.05. The van der Waals surface area contributed by atoms with Crippen LogP contribution < -0.4 is 5.32 Å². The first-order chi connectivity index (χ1) is 14.8. The topological polar surface area (TPSA) is 52.5 Å². The van der Waals surface area contributed by atoms with Crippen LogP contribution in [-0.4, -0.2) is 36.0 Å². The molecule has 0 saturated carbocycles. The van der Waals surface area contributed by atoms with Crippen LogP contribution in [0.1, 0.15) is 135 Å². The maximum Gasteiger partial charge on any atom is 0.0620 e. The molecule has 0 aliphatic carbocycles. The molecule has 0 fully saturated rings. The Kier molecular flexibility index (Phi) is 26.3. The Bertz CT molecular complexity index is 333. The van der Waals surface area contributed by atoms with Crippen molar-refractivity contribution < 1.29 is 10.2 Å². The van der Waals surface area contributed by atoms with Gasteiger partial charge in [0, 0.05) is 12.6 Å². The monoisotopic (exact) mass is 425 g/mol. The summed E-state index contributed by atoms with van der Waals surface area (Å²) in [6, 6.07) is -0.0162. The third kappa shape index (κ3) is 23.9. The van der Waals surface area contributed by atoms with Crippen LogP contribution in [0.15, 0.2) is 12.2 Å². The number of hydrogen-bond donors (Lipinski definition) is 3. The molecule has 0 aliphatic heterocycles. The van der Waals surface area contributed by atoms with Gasteiger partial charge in [0.2, 0.25) is 0 Å². The van der Waals surface area contributed by atoms with Gasteiger partial charge < -0.3 is 15.5 Å². The minimum Gasteiger partial charge on any atom is -0.395 e. The largest absolute Gasteiger partial charge is 0.395 e. The van der Waals surface area contributed by atoms with E-state index in [4.69, 9.17) is 5.11 Å². The smallest absolute Gasteiger partial charge is 0.0620 e. The SMILES string of the molecule is CCCCCCCCCCCCCCCCCCCCC/C=C/C(CO)NCCO. The van der Waals surface area contributed by atoms with Crippen LogP contribution in [0.2, 0.25) is 0 Å². The second-order valence-electron chi connectivity index (χ2n) is 9.05. The summed E-state index contributed by atoms with van der Waals surface area (Å²) in [6.07, 6.45) is 32.2. The van der Waals surface area contributed by atoms with E-state index in [1.807, 2.05) is 6.08 Å². The van der Waals surface area contributed by atoms with Crippen molar-refractivity contribution in [1.82, 2.24) is 5.32 Å². The molecular formula is C27H55NO2. The van der Waals surface area contributed by atoms with Crippen molar-refractivity contribution in [3.63, 3.8) is 0 Å². The van der Waals surface area contributed by atoms with Gasteiger partial charge in [-0.3, -0.25) is 0 Å². The van der Waals surface area contributed by atoms with Crippen molar-refractivity contribution in [3.8, 4) is 0 Å². The fourth-order valence-electron chi connectivity index (χ4n) is 4.04. The highest BCUT2D eigenvalue weighted by Crippen LogP contribution is 2.14. The van der Waals surface area contributed by atoms with Gasteiger partial charge in [0.1, 0.15) is 0 Å². The van der Waals surface area contributed by atoms with Gasteiger partial charge >= 0.3 is 0 Å². The minimum absolute atomic E-state index is 0.0162. The Hall–Kier alpha value is -0.380. The molecule has 3 N–H and O–H groups in total. The quantitative estimate of drug-likeness (QED) is 0.106. The molecule has 0 amide bonds. The van der Waals surface area contributed by atoms with Crippen molar-refractivity contribution in [2.75, 3.05) is 19.8 Å². The minimum atomic E-state index is -0.0162. The van der Waals surface area contributed by atoms with Gasteiger partial charge in [-0.2, -0.15) is 0 Å². The van der Waals surface area contributed by atoms with Crippen LogP contribution >= 0.6 is 0 Å². The molecule has 3 nitrogen and oxygen atoms in total. The molecule has 0 rings (SSSR count). The molecule has 180 valence electrons. The lowest BCUT2D eigenvalue weighted by Crippen LogP contribution is -2.32. The molecule has 0 radical (unpaired) electrons. The number of allylic oxidation sites excluding steroid dienone is 1. The van der Waals surface area contributed by atoms with Crippen molar-refractivity contribution in [2.45, 2.75) is 141 Å². The number of rotatable bonds is 25. The molecule has 0 spiro atoms. The summed E-state index contributed by atoms with van der Waals surface area (Å²) >= 11 is 0. The number of aliphatic hydroxyl groups is 2. The zero-order valence-electron chi connectivity index (χ0n) is 20.4. The normalized spacial score (nSPS) is 12.8. The molecule has 0 saturated heterocycles. The lowest BCUT2D eigenvalue weighted by Gasteiger charge is -2.10. The third-order valence-corrected chi connectivity index (χ3v) is 6.06. The Morgan fingerprint density at radius 3 is 1.37 bits per heavy atom. The number of nitrogens with one attached hydrogen (secondary N) is 1. The zero-order valence-corrected chi connectivity index (χ0v) is 20.4. The van der Waals surface area contributed by atoms with Crippen LogP contribution in [0, 0.1) is 0 Å². The van der Waals surface area contributed by atoms with E-state index in [9.17, 15) is 5.11 Å². The van der Waals surface area contributed by atoms with Crippen LogP contribution in [0.4, 0.5) is 0 Å². The molecule has 0 aromatic rings. The molecule has 30 heavy (non-hydrogen) atoms. The summed E-state index contributed by atoms with van der Waals surface area (Å²) < 4.78 is 0. The van der Waals surface area contributed by atoms with Crippen molar-refractivity contribution >= 4 is 0 Å². The molecule has 0 aromatic carbocycles. The Morgan fingerprint density at radius 2 is 1.00 bits per heavy atom. The van der Waals surface area contributed by atoms with Crippen molar-refractivity contribution in [3.05, 3.63) is 12.2 Å². The summed E-state index contributed by atoms with van der Waals surface area (Å²) in [7, 11) is 0. The number of hydrogen-bond acceptors (Lipinski definition) is 3. The van der Waals surface area contributed by atoms with Crippen LogP contribution in [0.3, 0.4) is 0 Å². The lowest BCUT2D eigenvalue weighted by molar-refractivity contribution is 0.244. The maximum atomic E-state index is 9.22. The fraction of sp³-hybridized carbons (Fsp3) is 0.926. The van der Waals surface area contributed by atoms with E-state index in [1.165, 1.54) is 122 Å². The van der Waals surface area contributed by atoms with Gasteiger partial charge in [0.05, 0.1) is 13.2 Å². The van der Waals surface area contributed by atoms with Gasteiger partial charge in [-0.05, 0) is 12.8 Å². The molecule has 1 unspecified atom stereocenters. The van der Waals surface area contributed by atoms with Crippen molar-refractivity contribution in [1.29, 1.82) is 0 Å². The molecule has 0 aliphatic rings. The van der Waals surface area contributed by atoms with Gasteiger partial charge in [0.25, 0.3) is 0 Å². The second kappa shape index (κ2) is 26.7. The predicted molar refractivity (Wildman–Crippen MR) is 133 cm³/mol. The van der Waals surface area contributed by atoms with Gasteiger partial charge in [-0.1, -0.05) is 135 Å². The Balaban J connectivity index is 3.16. The zero-order chi connectivity index (χ0) is 22.0. The average molecular weight is 426 g/mol. The molecule has 1 atom stereocenters. The Labute approximate surface area is 189 Å². The van der Waals surface area contributed by atoms with Crippen LogP contribution in [-0.2, 0) is 0 Å². The summed E-state index contributed by atoms with van der Waals surface area (Å²) in [5, 5.41) is 21.1. The lowest BCUT2D eigenvalue weighted by atomic mass is 10.0. The number of aliphatic hydroxyl groups excluding tert-OH is 2. The molecular weight excluding hydrogens is 370 g/mol. The van der Waals surface area contributed by atoms with E-state index >= 15 is 0 Å². The van der Waals surface area contributed by atoms with Crippen molar-refractivity contribution in [2.24, 2.45) is 0 Å². The van der Waals surface area contributed by atoms with Gasteiger partial charge in [-0.25, -0.2) is 0 Å². The fourth-order valence-corrected chi connectivity index (χ4v) is 4.04. The predicted octanol–water partition coefficient (Wildman–Crippen LogP) is 7.31. The van der Waals surface area contributed by atoms with Crippen LogP contribution in [0.5, 0.6) is 0 Å². The first-order valence-electron chi connectivity index (χ1n) is 13.5. The third-order valence-electron chi connectivity index (χ3n) is 6.06. The van der Waals surface area contributed by atoms with Gasteiger partial charge in [0.15, 0.2) is 0 Å².